The topological polar surface area (TPSA) is 26.3 Å². The molecule has 0 N–H and O–H groups in total. The average Bonchev–Trinajstić information content (AvgIpc) is 2.39. The molecule has 90 valence electrons. The van der Waals surface area contributed by atoms with E-state index in [1.807, 2.05) is 55.5 Å². The van der Waals surface area contributed by atoms with Crippen molar-refractivity contribution in [3.8, 4) is 5.75 Å². The molecule has 2 nitrogen and oxygen atoms in total. The van der Waals surface area contributed by atoms with Crippen LogP contribution in [-0.2, 0) is 11.2 Å². The summed E-state index contributed by atoms with van der Waals surface area (Å²) in [7, 11) is 0. The lowest BCUT2D eigenvalue weighted by Crippen LogP contribution is -2.26. The summed E-state index contributed by atoms with van der Waals surface area (Å²) in [4.78, 5) is 12.1. The number of fused-ring (bicyclic) bond motifs is 1. The zero-order valence-corrected chi connectivity index (χ0v) is 10.2. The van der Waals surface area contributed by atoms with Crippen LogP contribution in [0, 0.1) is 6.92 Å². The molecule has 1 aliphatic heterocycles. The first-order chi connectivity index (χ1) is 8.75. The van der Waals surface area contributed by atoms with Crippen LogP contribution in [0.1, 0.15) is 22.6 Å². The fourth-order valence-corrected chi connectivity index (χ4v) is 2.47. The monoisotopic (exact) mass is 238 g/mol. The van der Waals surface area contributed by atoms with Gasteiger partial charge in [-0.25, -0.2) is 0 Å². The molecule has 2 aromatic carbocycles. The summed E-state index contributed by atoms with van der Waals surface area (Å²) in [6, 6.07) is 15.7. The van der Waals surface area contributed by atoms with Gasteiger partial charge < -0.3 is 4.74 Å². The van der Waals surface area contributed by atoms with E-state index >= 15 is 0 Å². The maximum Gasteiger partial charge on any atom is 0.319 e. The van der Waals surface area contributed by atoms with E-state index in [1.165, 1.54) is 0 Å². The summed E-state index contributed by atoms with van der Waals surface area (Å²) in [5, 5.41) is 0. The molecule has 0 saturated heterocycles. The van der Waals surface area contributed by atoms with Crippen LogP contribution < -0.4 is 4.74 Å². The first-order valence-corrected chi connectivity index (χ1v) is 6.11. The van der Waals surface area contributed by atoms with Gasteiger partial charge in [0.1, 0.15) is 5.75 Å². The van der Waals surface area contributed by atoms with Crippen molar-refractivity contribution in [2.24, 2.45) is 0 Å². The molecule has 0 amide bonds. The molecular weight excluding hydrogens is 224 g/mol. The minimum atomic E-state index is -0.180. The predicted octanol–water partition coefficient (Wildman–Crippen LogP) is 3.24. The third kappa shape index (κ3) is 1.80. The number of benzene rings is 2. The van der Waals surface area contributed by atoms with Crippen molar-refractivity contribution in [1.29, 1.82) is 0 Å². The summed E-state index contributed by atoms with van der Waals surface area (Å²) in [6.45, 7) is 2.03. The van der Waals surface area contributed by atoms with Gasteiger partial charge in [-0.15, -0.1) is 0 Å². The zero-order valence-electron chi connectivity index (χ0n) is 10.2. The second-order valence-corrected chi connectivity index (χ2v) is 4.64. The number of carbonyl (C=O) groups is 1. The van der Waals surface area contributed by atoms with Gasteiger partial charge in [0.05, 0.1) is 5.92 Å². The van der Waals surface area contributed by atoms with Gasteiger partial charge in [-0.1, -0.05) is 42.5 Å². The molecule has 0 aromatic heterocycles. The highest BCUT2D eigenvalue weighted by Crippen LogP contribution is 2.34. The zero-order chi connectivity index (χ0) is 12.5. The smallest absolute Gasteiger partial charge is 0.319 e. The van der Waals surface area contributed by atoms with Gasteiger partial charge in [-0.05, 0) is 36.1 Å². The van der Waals surface area contributed by atoms with Crippen LogP contribution in [0.2, 0.25) is 0 Å². The van der Waals surface area contributed by atoms with Gasteiger partial charge >= 0.3 is 5.97 Å². The van der Waals surface area contributed by atoms with Crippen LogP contribution in [0.25, 0.3) is 0 Å². The summed E-state index contributed by atoms with van der Waals surface area (Å²) in [6.07, 6.45) is 0.722. The number of hydrogen-bond donors (Lipinski definition) is 0. The van der Waals surface area contributed by atoms with Crippen LogP contribution in [-0.4, -0.2) is 5.97 Å². The Hall–Kier alpha value is -2.09. The molecule has 2 heteroatoms. The molecule has 0 radical (unpaired) electrons. The quantitative estimate of drug-likeness (QED) is 0.563. The Bertz CT molecular complexity index is 602. The minimum Gasteiger partial charge on any atom is -0.426 e. The van der Waals surface area contributed by atoms with Crippen molar-refractivity contribution >= 4 is 5.97 Å². The Morgan fingerprint density at radius 1 is 1.06 bits per heavy atom. The molecule has 0 saturated carbocycles. The average molecular weight is 238 g/mol. The van der Waals surface area contributed by atoms with Crippen LogP contribution in [0.5, 0.6) is 5.75 Å². The van der Waals surface area contributed by atoms with Crippen molar-refractivity contribution in [2.45, 2.75) is 19.3 Å². The molecule has 18 heavy (non-hydrogen) atoms. The third-order valence-corrected chi connectivity index (χ3v) is 3.46. The largest absolute Gasteiger partial charge is 0.426 e. The second kappa shape index (κ2) is 4.30. The highest BCUT2D eigenvalue weighted by atomic mass is 16.5. The number of hydrogen-bond acceptors (Lipinski definition) is 2. The molecule has 0 bridgehead atoms. The first-order valence-electron chi connectivity index (χ1n) is 6.11. The lowest BCUT2D eigenvalue weighted by Gasteiger charge is -2.24. The Kier molecular flexibility index (Phi) is 2.63. The van der Waals surface area contributed by atoms with E-state index in [1.54, 1.807) is 0 Å². The van der Waals surface area contributed by atoms with E-state index in [0.717, 1.165) is 23.1 Å². The van der Waals surface area contributed by atoms with E-state index in [9.17, 15) is 4.79 Å². The molecule has 0 aliphatic carbocycles. The number of rotatable bonds is 1. The standard InChI is InChI=1S/C16H14O2/c1-11-6-2-4-8-13(11)14-10-12-7-3-5-9-15(12)18-16(14)17/h2-9,14H,10H2,1H3. The van der Waals surface area contributed by atoms with E-state index < -0.39 is 0 Å². The molecule has 0 fully saturated rings. The van der Waals surface area contributed by atoms with Crippen LogP contribution >= 0.6 is 0 Å². The van der Waals surface area contributed by atoms with Gasteiger partial charge in [0, 0.05) is 0 Å². The van der Waals surface area contributed by atoms with Crippen molar-refractivity contribution in [1.82, 2.24) is 0 Å². The lowest BCUT2D eigenvalue weighted by molar-refractivity contribution is -0.137. The van der Waals surface area contributed by atoms with Gasteiger partial charge in [0.2, 0.25) is 0 Å². The summed E-state index contributed by atoms with van der Waals surface area (Å²) in [5.41, 5.74) is 3.31. The SMILES string of the molecule is Cc1ccccc1C1Cc2ccccc2OC1=O. The Balaban J connectivity index is 2.01. The molecule has 1 aliphatic rings. The Morgan fingerprint density at radius 3 is 2.61 bits per heavy atom. The number of carbonyl (C=O) groups excluding carboxylic acids is 1. The maximum atomic E-state index is 12.1. The maximum absolute atomic E-state index is 12.1. The molecule has 2 aromatic rings. The van der Waals surface area contributed by atoms with Crippen LogP contribution in [0.3, 0.4) is 0 Å². The lowest BCUT2D eigenvalue weighted by atomic mass is 9.87. The van der Waals surface area contributed by atoms with E-state index in [0.29, 0.717) is 5.75 Å². The second-order valence-electron chi connectivity index (χ2n) is 4.64. The molecule has 1 atom stereocenters. The normalized spacial score (nSPS) is 18.1. The van der Waals surface area contributed by atoms with Gasteiger partial charge in [0.15, 0.2) is 0 Å². The highest BCUT2D eigenvalue weighted by molar-refractivity contribution is 5.83. The fourth-order valence-electron chi connectivity index (χ4n) is 2.47. The highest BCUT2D eigenvalue weighted by Gasteiger charge is 2.30. The van der Waals surface area contributed by atoms with Crippen LogP contribution in [0.4, 0.5) is 0 Å². The van der Waals surface area contributed by atoms with Gasteiger partial charge in [-0.3, -0.25) is 4.79 Å². The van der Waals surface area contributed by atoms with E-state index in [-0.39, 0.29) is 11.9 Å². The molecule has 1 heterocycles. The molecular formula is C16H14O2. The van der Waals surface area contributed by atoms with Crippen molar-refractivity contribution in [3.63, 3.8) is 0 Å². The number of aryl methyl sites for hydroxylation is 1. The van der Waals surface area contributed by atoms with Crippen molar-refractivity contribution in [2.75, 3.05) is 0 Å². The fraction of sp³-hybridized carbons (Fsp3) is 0.188. The van der Waals surface area contributed by atoms with Gasteiger partial charge in [-0.2, -0.15) is 0 Å². The van der Waals surface area contributed by atoms with E-state index in [4.69, 9.17) is 4.74 Å². The number of ether oxygens (including phenoxy) is 1. The van der Waals surface area contributed by atoms with Gasteiger partial charge in [0.25, 0.3) is 0 Å². The van der Waals surface area contributed by atoms with E-state index in [2.05, 4.69) is 0 Å². The minimum absolute atomic E-state index is 0.150. The molecule has 0 spiro atoms. The third-order valence-electron chi connectivity index (χ3n) is 3.46. The number of para-hydroxylation sites is 1. The first kappa shape index (κ1) is 11.0. The van der Waals surface area contributed by atoms with Crippen molar-refractivity contribution < 1.29 is 9.53 Å². The van der Waals surface area contributed by atoms with Crippen LogP contribution in [0.15, 0.2) is 48.5 Å². The molecule has 1 unspecified atom stereocenters. The summed E-state index contributed by atoms with van der Waals surface area (Å²) in [5.74, 6) is 0.372. The van der Waals surface area contributed by atoms with Crippen molar-refractivity contribution in [3.05, 3.63) is 65.2 Å². The number of esters is 1. The summed E-state index contributed by atoms with van der Waals surface area (Å²) >= 11 is 0. The predicted molar refractivity (Wildman–Crippen MR) is 69.7 cm³/mol. The molecule has 3 rings (SSSR count). The summed E-state index contributed by atoms with van der Waals surface area (Å²) < 4.78 is 5.41. The Morgan fingerprint density at radius 2 is 1.78 bits per heavy atom. The Labute approximate surface area is 106 Å².